The van der Waals surface area contributed by atoms with E-state index >= 15 is 0 Å². The van der Waals surface area contributed by atoms with Crippen molar-refractivity contribution in [2.24, 2.45) is 11.8 Å². The molecule has 7 heteroatoms. The van der Waals surface area contributed by atoms with Gasteiger partial charge in [-0.1, -0.05) is 13.8 Å². The van der Waals surface area contributed by atoms with E-state index in [-0.39, 0.29) is 17.9 Å². The summed E-state index contributed by atoms with van der Waals surface area (Å²) in [5.74, 6) is 5.75. The van der Waals surface area contributed by atoms with Gasteiger partial charge in [0.25, 0.3) is 5.91 Å². The number of carbonyl (C=O) groups is 1. The summed E-state index contributed by atoms with van der Waals surface area (Å²) in [5, 5.41) is 2.95. The molecule has 1 amide bonds. The summed E-state index contributed by atoms with van der Waals surface area (Å²) in [7, 11) is 0. The number of nitrogens with one attached hydrogen (secondary N) is 2. The number of halogens is 1. The van der Waals surface area contributed by atoms with Gasteiger partial charge in [-0.2, -0.15) is 0 Å². The number of ether oxygens (including phenoxy) is 1. The van der Waals surface area contributed by atoms with E-state index in [1.54, 1.807) is 12.3 Å². The molecule has 1 atom stereocenters. The Hall–Kier alpha value is -1.18. The standard InChI is InChI=1S/C13H21BrN4O2/c1-4-20-7-11(8(2)3)17-13(19)10-5-9(14)6-16-12(10)18-15/h5-6,8,11H,4,7,15H2,1-3H3,(H,16,18)(H,17,19). The van der Waals surface area contributed by atoms with Crippen molar-refractivity contribution in [2.75, 3.05) is 18.6 Å². The maximum Gasteiger partial charge on any atom is 0.255 e. The van der Waals surface area contributed by atoms with Gasteiger partial charge in [0.15, 0.2) is 5.82 Å². The van der Waals surface area contributed by atoms with E-state index in [0.717, 1.165) is 0 Å². The topological polar surface area (TPSA) is 89.3 Å². The Labute approximate surface area is 127 Å². The number of rotatable bonds is 7. The van der Waals surface area contributed by atoms with Gasteiger partial charge in [0.1, 0.15) is 0 Å². The molecular weight excluding hydrogens is 324 g/mol. The second-order valence-electron chi connectivity index (χ2n) is 4.68. The quantitative estimate of drug-likeness (QED) is 0.519. The van der Waals surface area contributed by atoms with Crippen LogP contribution in [0.4, 0.5) is 5.82 Å². The van der Waals surface area contributed by atoms with E-state index in [2.05, 4.69) is 31.7 Å². The number of hydrogen-bond acceptors (Lipinski definition) is 5. The van der Waals surface area contributed by atoms with Crippen LogP contribution < -0.4 is 16.6 Å². The van der Waals surface area contributed by atoms with Crippen LogP contribution in [0.2, 0.25) is 0 Å². The van der Waals surface area contributed by atoms with Crippen molar-refractivity contribution in [2.45, 2.75) is 26.8 Å². The third-order valence-corrected chi connectivity index (χ3v) is 3.29. The minimum Gasteiger partial charge on any atom is -0.380 e. The summed E-state index contributed by atoms with van der Waals surface area (Å²) in [6, 6.07) is 1.61. The van der Waals surface area contributed by atoms with Crippen LogP contribution in [-0.2, 0) is 4.74 Å². The first-order valence-corrected chi connectivity index (χ1v) is 7.29. The number of nitrogen functional groups attached to an aromatic ring is 1. The normalized spacial score (nSPS) is 12.3. The Bertz CT molecular complexity index is 454. The number of hydrazine groups is 1. The van der Waals surface area contributed by atoms with Crippen LogP contribution in [-0.4, -0.2) is 30.1 Å². The first-order chi connectivity index (χ1) is 9.49. The van der Waals surface area contributed by atoms with Gasteiger partial charge in [0.05, 0.1) is 18.2 Å². The summed E-state index contributed by atoms with van der Waals surface area (Å²) in [6.45, 7) is 7.09. The minimum atomic E-state index is -0.231. The fraction of sp³-hybridized carbons (Fsp3) is 0.538. The van der Waals surface area contributed by atoms with Gasteiger partial charge >= 0.3 is 0 Å². The average Bonchev–Trinajstić information content (AvgIpc) is 2.42. The fourth-order valence-corrected chi connectivity index (χ4v) is 1.95. The van der Waals surface area contributed by atoms with E-state index < -0.39 is 0 Å². The summed E-state index contributed by atoms with van der Waals surface area (Å²) in [6.07, 6.45) is 1.58. The fourth-order valence-electron chi connectivity index (χ4n) is 1.62. The summed E-state index contributed by atoms with van der Waals surface area (Å²) >= 11 is 3.30. The van der Waals surface area contributed by atoms with Gasteiger partial charge < -0.3 is 15.5 Å². The third kappa shape index (κ3) is 4.73. The molecule has 20 heavy (non-hydrogen) atoms. The number of anilines is 1. The van der Waals surface area contributed by atoms with Crippen LogP contribution >= 0.6 is 15.9 Å². The zero-order valence-electron chi connectivity index (χ0n) is 11.9. The molecule has 1 unspecified atom stereocenters. The molecule has 0 fully saturated rings. The smallest absolute Gasteiger partial charge is 0.255 e. The van der Waals surface area contributed by atoms with Crippen LogP contribution in [0.25, 0.3) is 0 Å². The molecule has 0 aliphatic rings. The van der Waals surface area contributed by atoms with Crippen molar-refractivity contribution in [1.29, 1.82) is 0 Å². The minimum absolute atomic E-state index is 0.0629. The molecule has 1 aromatic heterocycles. The monoisotopic (exact) mass is 344 g/mol. The van der Waals surface area contributed by atoms with Gasteiger partial charge in [-0.15, -0.1) is 0 Å². The van der Waals surface area contributed by atoms with Crippen LogP contribution in [0.1, 0.15) is 31.1 Å². The number of nitrogens with zero attached hydrogens (tertiary/aromatic N) is 1. The van der Waals surface area contributed by atoms with Gasteiger partial charge in [-0.05, 0) is 34.8 Å². The molecule has 1 aromatic rings. The van der Waals surface area contributed by atoms with Gasteiger partial charge in [0.2, 0.25) is 0 Å². The number of amides is 1. The lowest BCUT2D eigenvalue weighted by Crippen LogP contribution is -2.42. The van der Waals surface area contributed by atoms with Gasteiger partial charge in [0, 0.05) is 17.3 Å². The molecule has 1 rings (SSSR count). The lowest BCUT2D eigenvalue weighted by atomic mass is 10.0. The van der Waals surface area contributed by atoms with Crippen LogP contribution in [0.5, 0.6) is 0 Å². The summed E-state index contributed by atoms with van der Waals surface area (Å²) < 4.78 is 6.11. The highest BCUT2D eigenvalue weighted by atomic mass is 79.9. The number of hydrogen-bond donors (Lipinski definition) is 3. The maximum atomic E-state index is 12.3. The Morgan fingerprint density at radius 1 is 1.55 bits per heavy atom. The van der Waals surface area contributed by atoms with Crippen LogP contribution in [0, 0.1) is 5.92 Å². The van der Waals surface area contributed by atoms with Gasteiger partial charge in [-0.25, -0.2) is 10.8 Å². The Kier molecular flexibility index (Phi) is 6.90. The number of nitrogens with two attached hydrogens (primary N) is 1. The molecule has 0 bridgehead atoms. The largest absolute Gasteiger partial charge is 0.380 e. The van der Waals surface area contributed by atoms with Crippen molar-refractivity contribution >= 4 is 27.7 Å². The highest BCUT2D eigenvalue weighted by molar-refractivity contribution is 9.10. The second-order valence-corrected chi connectivity index (χ2v) is 5.59. The van der Waals surface area contributed by atoms with Crippen molar-refractivity contribution in [3.8, 4) is 0 Å². The molecule has 0 aromatic carbocycles. The number of pyridine rings is 1. The first-order valence-electron chi connectivity index (χ1n) is 6.50. The SMILES string of the molecule is CCOCC(NC(=O)c1cc(Br)cnc1NN)C(C)C. The lowest BCUT2D eigenvalue weighted by molar-refractivity contribution is 0.0806. The molecule has 1 heterocycles. The highest BCUT2D eigenvalue weighted by Crippen LogP contribution is 2.17. The molecule has 0 saturated carbocycles. The Morgan fingerprint density at radius 2 is 2.25 bits per heavy atom. The van der Waals surface area contributed by atoms with E-state index in [1.165, 1.54) is 0 Å². The molecule has 6 nitrogen and oxygen atoms in total. The highest BCUT2D eigenvalue weighted by Gasteiger charge is 2.20. The molecule has 0 aliphatic heterocycles. The number of carbonyl (C=O) groups excluding carboxylic acids is 1. The molecule has 0 spiro atoms. The predicted octanol–water partition coefficient (Wildman–Crippen LogP) is 1.92. The number of aromatic nitrogens is 1. The van der Waals surface area contributed by atoms with Gasteiger partial charge in [-0.3, -0.25) is 4.79 Å². The van der Waals surface area contributed by atoms with E-state index in [0.29, 0.717) is 29.1 Å². The van der Waals surface area contributed by atoms with E-state index in [4.69, 9.17) is 10.6 Å². The lowest BCUT2D eigenvalue weighted by Gasteiger charge is -2.22. The Morgan fingerprint density at radius 3 is 2.80 bits per heavy atom. The molecule has 4 N–H and O–H groups in total. The zero-order chi connectivity index (χ0) is 15.1. The molecule has 112 valence electrons. The Balaban J connectivity index is 2.85. The molecule has 0 aliphatic carbocycles. The van der Waals surface area contributed by atoms with Crippen molar-refractivity contribution in [1.82, 2.24) is 10.3 Å². The molecular formula is C13H21BrN4O2. The third-order valence-electron chi connectivity index (χ3n) is 2.86. The second kappa shape index (κ2) is 8.18. The predicted molar refractivity (Wildman–Crippen MR) is 82.3 cm³/mol. The van der Waals surface area contributed by atoms with Crippen LogP contribution in [0.3, 0.4) is 0 Å². The summed E-state index contributed by atoms with van der Waals surface area (Å²) in [5.41, 5.74) is 2.82. The average molecular weight is 345 g/mol. The maximum absolute atomic E-state index is 12.3. The van der Waals surface area contributed by atoms with Crippen molar-refractivity contribution < 1.29 is 9.53 Å². The zero-order valence-corrected chi connectivity index (χ0v) is 13.5. The first kappa shape index (κ1) is 16.9. The van der Waals surface area contributed by atoms with E-state index in [1.807, 2.05) is 20.8 Å². The molecule has 0 radical (unpaired) electrons. The van der Waals surface area contributed by atoms with E-state index in [9.17, 15) is 4.79 Å². The van der Waals surface area contributed by atoms with Crippen molar-refractivity contribution in [3.05, 3.63) is 22.3 Å². The van der Waals surface area contributed by atoms with Crippen molar-refractivity contribution in [3.63, 3.8) is 0 Å². The summed E-state index contributed by atoms with van der Waals surface area (Å²) in [4.78, 5) is 16.4. The molecule has 0 saturated heterocycles. The van der Waals surface area contributed by atoms with Crippen LogP contribution in [0.15, 0.2) is 16.7 Å².